The van der Waals surface area contributed by atoms with Crippen molar-refractivity contribution in [2.24, 2.45) is 0 Å². The number of furan rings is 1. The van der Waals surface area contributed by atoms with Crippen LogP contribution in [0, 0.1) is 0 Å². The monoisotopic (exact) mass is 690 g/mol. The average Bonchev–Trinajstić information content (AvgIpc) is 3.71. The molecule has 0 unspecified atom stereocenters. The van der Waals surface area contributed by atoms with Gasteiger partial charge in [-0.1, -0.05) is 147 Å². The lowest BCUT2D eigenvalue weighted by Gasteiger charge is -2.22. The van der Waals surface area contributed by atoms with E-state index >= 15 is 0 Å². The molecule has 0 fully saturated rings. The number of rotatable bonds is 4. The summed E-state index contributed by atoms with van der Waals surface area (Å²) in [7, 11) is 0. The highest BCUT2D eigenvalue weighted by molar-refractivity contribution is 6.19. The van der Waals surface area contributed by atoms with Crippen molar-refractivity contribution in [2.45, 2.75) is 19.3 Å². The Balaban J connectivity index is 1.12. The van der Waals surface area contributed by atoms with Crippen LogP contribution in [-0.4, -0.2) is 9.97 Å². The van der Waals surface area contributed by atoms with Gasteiger partial charge in [0.1, 0.15) is 11.2 Å². The van der Waals surface area contributed by atoms with Crippen molar-refractivity contribution in [1.29, 1.82) is 0 Å². The third kappa shape index (κ3) is 4.61. The van der Waals surface area contributed by atoms with Gasteiger partial charge in [0.2, 0.25) is 0 Å². The molecular weight excluding hydrogens is 657 g/mol. The Morgan fingerprint density at radius 3 is 1.98 bits per heavy atom. The minimum absolute atomic E-state index is 0.135. The Morgan fingerprint density at radius 1 is 0.426 bits per heavy atom. The van der Waals surface area contributed by atoms with Gasteiger partial charge in [0.15, 0.2) is 5.82 Å². The van der Waals surface area contributed by atoms with Crippen LogP contribution in [0.4, 0.5) is 0 Å². The minimum atomic E-state index is -0.135. The molecule has 2 aromatic heterocycles. The van der Waals surface area contributed by atoms with Gasteiger partial charge in [0.05, 0.1) is 11.4 Å². The number of fused-ring (bicyclic) bond motifs is 9. The van der Waals surface area contributed by atoms with Crippen LogP contribution >= 0.6 is 0 Å². The molecule has 0 atom stereocenters. The zero-order valence-corrected chi connectivity index (χ0v) is 30.0. The van der Waals surface area contributed by atoms with Gasteiger partial charge >= 0.3 is 0 Å². The second kappa shape index (κ2) is 11.6. The van der Waals surface area contributed by atoms with E-state index in [4.69, 9.17) is 14.4 Å². The third-order valence-electron chi connectivity index (χ3n) is 11.5. The summed E-state index contributed by atoms with van der Waals surface area (Å²) in [5, 5.41) is 7.17. The predicted octanol–water partition coefficient (Wildman–Crippen LogP) is 13.7. The molecule has 10 aromatic rings. The molecule has 11 rings (SSSR count). The van der Waals surface area contributed by atoms with E-state index in [1.54, 1.807) is 0 Å². The van der Waals surface area contributed by atoms with Crippen molar-refractivity contribution in [3.63, 3.8) is 0 Å². The van der Waals surface area contributed by atoms with E-state index in [1.807, 2.05) is 18.2 Å². The van der Waals surface area contributed by atoms with Crippen LogP contribution in [0.1, 0.15) is 25.0 Å². The Hall–Kier alpha value is -6.84. The smallest absolute Gasteiger partial charge is 0.160 e. The van der Waals surface area contributed by atoms with Crippen molar-refractivity contribution >= 4 is 43.5 Å². The fourth-order valence-corrected chi connectivity index (χ4v) is 8.79. The zero-order chi connectivity index (χ0) is 36.0. The van der Waals surface area contributed by atoms with Crippen LogP contribution in [0.25, 0.3) is 99.6 Å². The summed E-state index contributed by atoms with van der Waals surface area (Å²) in [4.78, 5) is 10.5. The topological polar surface area (TPSA) is 38.9 Å². The van der Waals surface area contributed by atoms with Gasteiger partial charge in [-0.25, -0.2) is 9.97 Å². The Bertz CT molecular complexity index is 3130. The SMILES string of the molecule is CC1(C)c2cc3ccccc3cc2-c2c(-c3ccccc3-c3cc(-c4ccc5c(c4)oc4ccc6ccccc6c45)nc(-c4ccccc4)n3)cccc21. The molecule has 3 nitrogen and oxygen atoms in total. The Labute approximate surface area is 313 Å². The van der Waals surface area contributed by atoms with E-state index in [1.165, 1.54) is 49.4 Å². The first-order chi connectivity index (χ1) is 26.5. The highest BCUT2D eigenvalue weighted by atomic mass is 16.3. The van der Waals surface area contributed by atoms with Gasteiger partial charge in [0.25, 0.3) is 0 Å². The molecule has 254 valence electrons. The maximum atomic E-state index is 6.50. The standard InChI is InChI=1S/C51H34N2O/c1-51(2)42-22-12-21-39(48(42)41-27-33-16-6-7-17-34(33)28-43(41)51)37-19-10-11-20-38(37)45-30-44(52-50(53-45)32-14-4-3-5-15-32)35-23-25-40-47(29-35)54-46-26-24-31-13-8-9-18-36(31)49(40)46/h3-30H,1-2H3. The van der Waals surface area contributed by atoms with Crippen LogP contribution in [0.3, 0.4) is 0 Å². The minimum Gasteiger partial charge on any atom is -0.456 e. The molecule has 0 aliphatic heterocycles. The van der Waals surface area contributed by atoms with Crippen LogP contribution in [0.2, 0.25) is 0 Å². The molecule has 2 heterocycles. The lowest BCUT2D eigenvalue weighted by atomic mass is 9.81. The lowest BCUT2D eigenvalue weighted by Crippen LogP contribution is -2.14. The molecule has 3 heteroatoms. The van der Waals surface area contributed by atoms with Crippen LogP contribution in [-0.2, 0) is 5.41 Å². The third-order valence-corrected chi connectivity index (χ3v) is 11.5. The summed E-state index contributed by atoms with van der Waals surface area (Å²) in [6.07, 6.45) is 0. The lowest BCUT2D eigenvalue weighted by molar-refractivity contribution is 0.661. The number of aromatic nitrogens is 2. The molecule has 54 heavy (non-hydrogen) atoms. The average molecular weight is 691 g/mol. The van der Waals surface area contributed by atoms with Gasteiger partial charge in [0, 0.05) is 32.9 Å². The number of nitrogens with zero attached hydrogens (tertiary/aromatic N) is 2. The Morgan fingerprint density at radius 2 is 1.13 bits per heavy atom. The second-order valence-corrected chi connectivity index (χ2v) is 14.9. The number of benzene rings is 8. The first-order valence-corrected chi connectivity index (χ1v) is 18.6. The van der Waals surface area contributed by atoms with E-state index in [-0.39, 0.29) is 5.41 Å². The van der Waals surface area contributed by atoms with E-state index in [2.05, 4.69) is 166 Å². The molecule has 0 bridgehead atoms. The maximum absolute atomic E-state index is 6.50. The summed E-state index contributed by atoms with van der Waals surface area (Å²) in [6, 6.07) is 60.5. The van der Waals surface area contributed by atoms with Crippen molar-refractivity contribution in [3.05, 3.63) is 181 Å². The molecule has 0 amide bonds. The molecule has 0 saturated carbocycles. The number of hydrogen-bond acceptors (Lipinski definition) is 3. The molecule has 8 aromatic carbocycles. The fourth-order valence-electron chi connectivity index (χ4n) is 8.79. The normalized spacial score (nSPS) is 13.1. The number of hydrogen-bond donors (Lipinski definition) is 0. The molecule has 1 aliphatic carbocycles. The van der Waals surface area contributed by atoms with Crippen molar-refractivity contribution in [2.75, 3.05) is 0 Å². The summed E-state index contributed by atoms with van der Waals surface area (Å²) >= 11 is 0. The predicted molar refractivity (Wildman–Crippen MR) is 224 cm³/mol. The second-order valence-electron chi connectivity index (χ2n) is 14.9. The highest BCUT2D eigenvalue weighted by Gasteiger charge is 2.37. The van der Waals surface area contributed by atoms with Crippen LogP contribution in [0.15, 0.2) is 174 Å². The van der Waals surface area contributed by atoms with E-state index in [0.29, 0.717) is 5.82 Å². The summed E-state index contributed by atoms with van der Waals surface area (Å²) in [5.74, 6) is 0.685. The summed E-state index contributed by atoms with van der Waals surface area (Å²) in [5.41, 5.74) is 14.0. The molecule has 0 radical (unpaired) electrons. The molecule has 1 aliphatic rings. The summed E-state index contributed by atoms with van der Waals surface area (Å²) < 4.78 is 6.50. The van der Waals surface area contributed by atoms with Gasteiger partial charge < -0.3 is 4.42 Å². The van der Waals surface area contributed by atoms with Crippen LogP contribution < -0.4 is 0 Å². The van der Waals surface area contributed by atoms with E-state index < -0.39 is 0 Å². The van der Waals surface area contributed by atoms with E-state index in [9.17, 15) is 0 Å². The van der Waals surface area contributed by atoms with Crippen LogP contribution in [0.5, 0.6) is 0 Å². The highest BCUT2D eigenvalue weighted by Crippen LogP contribution is 2.54. The van der Waals surface area contributed by atoms with Crippen molar-refractivity contribution in [1.82, 2.24) is 9.97 Å². The van der Waals surface area contributed by atoms with Crippen molar-refractivity contribution in [3.8, 4) is 56.2 Å². The molecule has 0 spiro atoms. The van der Waals surface area contributed by atoms with E-state index in [0.717, 1.165) is 55.6 Å². The fraction of sp³-hybridized carbons (Fsp3) is 0.0588. The van der Waals surface area contributed by atoms with Gasteiger partial charge in [-0.3, -0.25) is 0 Å². The molecule has 0 N–H and O–H groups in total. The maximum Gasteiger partial charge on any atom is 0.160 e. The van der Waals surface area contributed by atoms with Gasteiger partial charge in [-0.2, -0.15) is 0 Å². The largest absolute Gasteiger partial charge is 0.456 e. The Kier molecular flexibility index (Phi) is 6.60. The quantitative estimate of drug-likeness (QED) is 0.184. The molecule has 0 saturated heterocycles. The summed E-state index contributed by atoms with van der Waals surface area (Å²) in [6.45, 7) is 4.71. The van der Waals surface area contributed by atoms with Gasteiger partial charge in [-0.05, 0) is 91.3 Å². The van der Waals surface area contributed by atoms with Crippen molar-refractivity contribution < 1.29 is 4.42 Å². The first-order valence-electron chi connectivity index (χ1n) is 18.6. The first kappa shape index (κ1) is 30.8. The molecular formula is C51H34N2O. The zero-order valence-electron chi connectivity index (χ0n) is 30.0. The van der Waals surface area contributed by atoms with Gasteiger partial charge in [-0.15, -0.1) is 0 Å².